The number of nitrogens with zero attached hydrogens (tertiary/aromatic N) is 2. The van der Waals surface area contributed by atoms with Crippen molar-refractivity contribution in [3.8, 4) is 11.5 Å². The third-order valence-electron chi connectivity index (χ3n) is 3.51. The lowest BCUT2D eigenvalue weighted by atomic mass is 10.1. The van der Waals surface area contributed by atoms with Crippen LogP contribution in [-0.4, -0.2) is 16.0 Å². The Morgan fingerprint density at radius 2 is 1.93 bits per heavy atom. The van der Waals surface area contributed by atoms with Gasteiger partial charge in [-0.1, -0.05) is 24.8 Å². The molecule has 1 aromatic heterocycles. The van der Waals surface area contributed by atoms with E-state index in [2.05, 4.69) is 16.9 Å². The zero-order chi connectivity index (χ0) is 19.4. The second-order valence-electron chi connectivity index (χ2n) is 5.58. The van der Waals surface area contributed by atoms with Crippen molar-refractivity contribution in [1.82, 2.24) is 4.98 Å². The molecule has 136 valence electrons. The van der Waals surface area contributed by atoms with Crippen molar-refractivity contribution in [2.24, 2.45) is 0 Å². The van der Waals surface area contributed by atoms with Crippen LogP contribution in [0.1, 0.15) is 6.92 Å². The molecule has 8 heteroatoms. The molecule has 3 rings (SSSR count). The van der Waals surface area contributed by atoms with Crippen molar-refractivity contribution in [2.45, 2.75) is 6.92 Å². The minimum absolute atomic E-state index is 0.00225. The Kier molecular flexibility index (Phi) is 4.98. The predicted octanol–water partition coefficient (Wildman–Crippen LogP) is 5.02. The smallest absolute Gasteiger partial charge is 0.417 e. The molecule has 0 aliphatic rings. The van der Waals surface area contributed by atoms with Crippen LogP contribution < -0.4 is 10.1 Å². The lowest BCUT2D eigenvalue weighted by Gasteiger charge is -2.10. The number of nitro groups is 1. The van der Waals surface area contributed by atoms with Gasteiger partial charge in [0.25, 0.3) is 5.69 Å². The zero-order valence-electron chi connectivity index (χ0n) is 14.3. The highest BCUT2D eigenvalue weighted by molar-refractivity contribution is 5.95. The highest BCUT2D eigenvalue weighted by Gasteiger charge is 2.15. The van der Waals surface area contributed by atoms with Crippen LogP contribution in [0.4, 0.5) is 16.3 Å². The first-order chi connectivity index (χ1) is 12.9. The molecule has 0 atom stereocenters. The summed E-state index contributed by atoms with van der Waals surface area (Å²) in [4.78, 5) is 26.4. The fourth-order valence-electron chi connectivity index (χ4n) is 2.46. The Morgan fingerprint density at radius 3 is 2.63 bits per heavy atom. The summed E-state index contributed by atoms with van der Waals surface area (Å²) < 4.78 is 10.7. The first-order valence-corrected chi connectivity index (χ1v) is 7.88. The lowest BCUT2D eigenvalue weighted by molar-refractivity contribution is -0.383. The van der Waals surface area contributed by atoms with Gasteiger partial charge in [0, 0.05) is 23.7 Å². The first kappa shape index (κ1) is 17.9. The molecular formula is C19H15N3O5. The average molecular weight is 365 g/mol. The van der Waals surface area contributed by atoms with Gasteiger partial charge in [-0.2, -0.15) is 0 Å². The van der Waals surface area contributed by atoms with Crippen molar-refractivity contribution in [2.75, 3.05) is 5.32 Å². The number of fused-ring (bicyclic) bond motifs is 1. The zero-order valence-corrected chi connectivity index (χ0v) is 14.3. The molecule has 0 bridgehead atoms. The second kappa shape index (κ2) is 7.52. The number of nitrogens with one attached hydrogen (secondary N) is 1. The number of benzene rings is 2. The number of pyridine rings is 1. The van der Waals surface area contributed by atoms with Crippen molar-refractivity contribution in [1.29, 1.82) is 0 Å². The monoisotopic (exact) mass is 365 g/mol. The number of rotatable bonds is 5. The normalized spacial score (nSPS) is 10.3. The van der Waals surface area contributed by atoms with Crippen molar-refractivity contribution in [3.63, 3.8) is 0 Å². The summed E-state index contributed by atoms with van der Waals surface area (Å²) in [6, 6.07) is 12.9. The number of allylic oxidation sites excluding steroid dienone is 1. The third-order valence-corrected chi connectivity index (χ3v) is 3.51. The molecule has 3 aromatic rings. The molecule has 1 amide bonds. The van der Waals surface area contributed by atoms with E-state index in [4.69, 9.17) is 9.47 Å². The molecule has 1 N–H and O–H groups in total. The summed E-state index contributed by atoms with van der Waals surface area (Å²) in [7, 11) is 0. The molecular weight excluding hydrogens is 350 g/mol. The van der Waals surface area contributed by atoms with Crippen LogP contribution in [0, 0.1) is 10.1 Å². The van der Waals surface area contributed by atoms with Crippen LogP contribution in [0.3, 0.4) is 0 Å². The van der Waals surface area contributed by atoms with Crippen LogP contribution >= 0.6 is 0 Å². The Hall–Kier alpha value is -3.94. The summed E-state index contributed by atoms with van der Waals surface area (Å²) in [5, 5.41) is 14.7. The summed E-state index contributed by atoms with van der Waals surface area (Å²) in [5.41, 5.74) is -0.00225. The van der Waals surface area contributed by atoms with Gasteiger partial charge in [-0.15, -0.1) is 0 Å². The Morgan fingerprint density at radius 1 is 1.19 bits per heavy atom. The van der Waals surface area contributed by atoms with Gasteiger partial charge < -0.3 is 9.47 Å². The fourth-order valence-corrected chi connectivity index (χ4v) is 2.46. The maximum Gasteiger partial charge on any atom is 0.417 e. The maximum atomic E-state index is 11.6. The number of hydrogen-bond donors (Lipinski definition) is 1. The molecule has 0 fully saturated rings. The van der Waals surface area contributed by atoms with E-state index in [9.17, 15) is 14.9 Å². The Bertz CT molecular complexity index is 1050. The Labute approximate surface area is 154 Å². The summed E-state index contributed by atoms with van der Waals surface area (Å²) >= 11 is 0. The number of carbonyl (C=O) groups is 1. The first-order valence-electron chi connectivity index (χ1n) is 7.88. The Balaban J connectivity index is 1.89. The van der Waals surface area contributed by atoms with E-state index in [0.29, 0.717) is 22.3 Å². The van der Waals surface area contributed by atoms with Crippen LogP contribution in [0.25, 0.3) is 10.8 Å². The number of aromatic nitrogens is 1. The van der Waals surface area contributed by atoms with Gasteiger partial charge in [-0.3, -0.25) is 15.4 Å². The summed E-state index contributed by atoms with van der Waals surface area (Å²) in [6.45, 7) is 5.03. The highest BCUT2D eigenvalue weighted by Crippen LogP contribution is 2.35. The SMILES string of the molecule is C=C(C)OC(=O)Nc1cc(Oc2ccc([N+](=O)[O-])c3ccccc23)ccn1. The molecule has 0 saturated heterocycles. The number of amides is 1. The fraction of sp³-hybridized carbons (Fsp3) is 0.0526. The molecule has 8 nitrogen and oxygen atoms in total. The number of anilines is 1. The molecule has 1 heterocycles. The van der Waals surface area contributed by atoms with E-state index in [0.717, 1.165) is 0 Å². The lowest BCUT2D eigenvalue weighted by Crippen LogP contribution is -2.13. The van der Waals surface area contributed by atoms with E-state index in [1.54, 1.807) is 37.3 Å². The van der Waals surface area contributed by atoms with E-state index >= 15 is 0 Å². The van der Waals surface area contributed by atoms with Gasteiger partial charge in [0.1, 0.15) is 17.3 Å². The van der Waals surface area contributed by atoms with Gasteiger partial charge in [0.05, 0.1) is 16.1 Å². The number of non-ortho nitro benzene ring substituents is 1. The minimum Gasteiger partial charge on any atom is -0.457 e. The second-order valence-corrected chi connectivity index (χ2v) is 5.58. The number of ether oxygens (including phenoxy) is 2. The van der Waals surface area contributed by atoms with Crippen LogP contribution in [0.15, 0.2) is 67.1 Å². The van der Waals surface area contributed by atoms with Crippen molar-refractivity contribution in [3.05, 3.63) is 77.2 Å². The maximum absolute atomic E-state index is 11.6. The van der Waals surface area contributed by atoms with E-state index in [1.807, 2.05) is 0 Å². The van der Waals surface area contributed by atoms with Gasteiger partial charge >= 0.3 is 6.09 Å². The van der Waals surface area contributed by atoms with Gasteiger partial charge in [0.2, 0.25) is 0 Å². The number of nitro benzene ring substituents is 1. The van der Waals surface area contributed by atoms with Crippen LogP contribution in [-0.2, 0) is 4.74 Å². The van der Waals surface area contributed by atoms with Crippen LogP contribution in [0.2, 0.25) is 0 Å². The third kappa shape index (κ3) is 4.18. The highest BCUT2D eigenvalue weighted by atomic mass is 16.6. The molecule has 0 saturated carbocycles. The van der Waals surface area contributed by atoms with E-state index < -0.39 is 11.0 Å². The van der Waals surface area contributed by atoms with Crippen molar-refractivity contribution < 1.29 is 19.2 Å². The van der Waals surface area contributed by atoms with E-state index in [-0.39, 0.29) is 17.3 Å². The van der Waals surface area contributed by atoms with Crippen LogP contribution in [0.5, 0.6) is 11.5 Å². The molecule has 0 unspecified atom stereocenters. The average Bonchev–Trinajstić information content (AvgIpc) is 2.61. The minimum atomic E-state index is -0.715. The molecule has 0 spiro atoms. The summed E-state index contributed by atoms with van der Waals surface area (Å²) in [6.07, 6.45) is 0.743. The molecule has 0 aliphatic heterocycles. The van der Waals surface area contributed by atoms with Crippen molar-refractivity contribution >= 4 is 28.4 Å². The van der Waals surface area contributed by atoms with Gasteiger partial charge in [0.15, 0.2) is 0 Å². The topological polar surface area (TPSA) is 104 Å². The molecule has 0 radical (unpaired) electrons. The molecule has 0 aliphatic carbocycles. The largest absolute Gasteiger partial charge is 0.457 e. The standard InChI is InChI=1S/C19H15N3O5/c1-12(2)26-19(23)21-18-11-13(9-10-20-18)27-17-8-7-16(22(24)25)14-5-3-4-6-15(14)17/h3-11H,1H2,2H3,(H,20,21,23). The summed E-state index contributed by atoms with van der Waals surface area (Å²) in [5.74, 6) is 1.31. The number of carbonyl (C=O) groups excluding carboxylic acids is 1. The van der Waals surface area contributed by atoms with E-state index in [1.165, 1.54) is 24.4 Å². The van der Waals surface area contributed by atoms with Gasteiger partial charge in [-0.25, -0.2) is 9.78 Å². The predicted molar refractivity (Wildman–Crippen MR) is 99.8 cm³/mol. The molecule has 27 heavy (non-hydrogen) atoms. The number of hydrogen-bond acceptors (Lipinski definition) is 6. The molecule has 2 aromatic carbocycles. The quantitative estimate of drug-likeness (QED) is 0.387. The van der Waals surface area contributed by atoms with Gasteiger partial charge in [-0.05, 0) is 25.1 Å².